The van der Waals surface area contributed by atoms with E-state index in [4.69, 9.17) is 0 Å². The summed E-state index contributed by atoms with van der Waals surface area (Å²) in [5.74, 6) is -0.271. The molecule has 0 saturated heterocycles. The van der Waals surface area contributed by atoms with E-state index in [-0.39, 0.29) is 17.9 Å². The highest BCUT2D eigenvalue weighted by Crippen LogP contribution is 2.48. The second-order valence-electron chi connectivity index (χ2n) is 3.42. The van der Waals surface area contributed by atoms with Crippen molar-refractivity contribution in [3.05, 3.63) is 35.6 Å². The van der Waals surface area contributed by atoms with Gasteiger partial charge in [0, 0.05) is 5.41 Å². The number of hydrogen-bond acceptors (Lipinski definition) is 0. The van der Waals surface area contributed by atoms with Gasteiger partial charge in [-0.05, 0) is 30.5 Å². The van der Waals surface area contributed by atoms with Crippen LogP contribution in [0.4, 0.5) is 8.78 Å². The van der Waals surface area contributed by atoms with Gasteiger partial charge in [0.25, 0.3) is 0 Å². The highest BCUT2D eigenvalue weighted by atomic mass is 19.1. The van der Waals surface area contributed by atoms with Gasteiger partial charge in [0.05, 0.1) is 6.67 Å². The molecule has 1 fully saturated rings. The molecule has 1 aromatic carbocycles. The molecule has 0 amide bonds. The van der Waals surface area contributed by atoms with E-state index in [9.17, 15) is 8.78 Å². The Bertz CT molecular complexity index is 290. The van der Waals surface area contributed by atoms with Gasteiger partial charge in [0.1, 0.15) is 5.82 Å². The van der Waals surface area contributed by atoms with E-state index in [1.807, 2.05) is 0 Å². The number of alkyl halides is 1. The quantitative estimate of drug-likeness (QED) is 0.637. The summed E-state index contributed by atoms with van der Waals surface area (Å²) in [5.41, 5.74) is 0.479. The minimum absolute atomic E-state index is 0.271. The molecule has 0 bridgehead atoms. The molecular formula is C10H10F2. The minimum atomic E-state index is -0.365. The predicted molar refractivity (Wildman–Crippen MR) is 43.3 cm³/mol. The predicted octanol–water partition coefficient (Wildman–Crippen LogP) is 2.83. The summed E-state index contributed by atoms with van der Waals surface area (Å²) in [6, 6.07) is 6.26. The maximum Gasteiger partial charge on any atom is 0.123 e. The standard InChI is InChI=1S/C10H10F2/c11-7-10(4-5-10)8-2-1-3-9(12)6-8/h1-3,6H,4-5,7H2. The van der Waals surface area contributed by atoms with E-state index in [1.165, 1.54) is 12.1 Å². The fourth-order valence-electron chi connectivity index (χ4n) is 1.47. The Hall–Kier alpha value is -0.920. The maximum atomic E-state index is 12.7. The molecule has 0 spiro atoms. The van der Waals surface area contributed by atoms with Crippen LogP contribution < -0.4 is 0 Å². The van der Waals surface area contributed by atoms with Crippen molar-refractivity contribution < 1.29 is 8.78 Å². The fourth-order valence-corrected chi connectivity index (χ4v) is 1.47. The van der Waals surface area contributed by atoms with E-state index in [0.717, 1.165) is 18.4 Å². The zero-order valence-electron chi connectivity index (χ0n) is 6.69. The molecule has 2 rings (SSSR count). The largest absolute Gasteiger partial charge is 0.250 e. The van der Waals surface area contributed by atoms with Crippen LogP contribution in [0.15, 0.2) is 24.3 Å². The van der Waals surface area contributed by atoms with Gasteiger partial charge in [-0.2, -0.15) is 0 Å². The van der Waals surface area contributed by atoms with Crippen molar-refractivity contribution in [3.8, 4) is 0 Å². The van der Waals surface area contributed by atoms with Gasteiger partial charge >= 0.3 is 0 Å². The third kappa shape index (κ3) is 1.11. The summed E-state index contributed by atoms with van der Waals surface area (Å²) < 4.78 is 25.3. The van der Waals surface area contributed by atoms with Gasteiger partial charge in [-0.1, -0.05) is 12.1 Å². The molecule has 1 aromatic rings. The SMILES string of the molecule is FCC1(c2cccc(F)c2)CC1. The highest BCUT2D eigenvalue weighted by molar-refractivity contribution is 5.31. The third-order valence-electron chi connectivity index (χ3n) is 2.55. The average Bonchev–Trinajstić information content (AvgIpc) is 2.84. The monoisotopic (exact) mass is 168 g/mol. The fraction of sp³-hybridized carbons (Fsp3) is 0.400. The van der Waals surface area contributed by atoms with Crippen LogP contribution in [0, 0.1) is 5.82 Å². The Morgan fingerprint density at radius 1 is 1.33 bits per heavy atom. The molecule has 0 atom stereocenters. The molecule has 64 valence electrons. The lowest BCUT2D eigenvalue weighted by atomic mass is 9.98. The van der Waals surface area contributed by atoms with E-state index in [2.05, 4.69) is 0 Å². The van der Waals surface area contributed by atoms with Gasteiger partial charge < -0.3 is 0 Å². The normalized spacial score (nSPS) is 19.2. The zero-order valence-corrected chi connectivity index (χ0v) is 6.69. The molecule has 12 heavy (non-hydrogen) atoms. The van der Waals surface area contributed by atoms with Gasteiger partial charge in [-0.25, -0.2) is 4.39 Å². The summed E-state index contributed by atoms with van der Waals surface area (Å²) in [7, 11) is 0. The Kier molecular flexibility index (Phi) is 1.63. The van der Waals surface area contributed by atoms with Crippen LogP contribution in [0.5, 0.6) is 0 Å². The van der Waals surface area contributed by atoms with E-state index >= 15 is 0 Å². The molecule has 0 aliphatic heterocycles. The van der Waals surface area contributed by atoms with Crippen LogP contribution in [0.25, 0.3) is 0 Å². The molecule has 1 aliphatic carbocycles. The molecule has 0 unspecified atom stereocenters. The second kappa shape index (κ2) is 2.54. The molecule has 1 aliphatic rings. The summed E-state index contributed by atoms with van der Waals surface area (Å²) in [4.78, 5) is 0. The van der Waals surface area contributed by atoms with Crippen molar-refractivity contribution in [3.63, 3.8) is 0 Å². The van der Waals surface area contributed by atoms with E-state index in [1.54, 1.807) is 12.1 Å². The van der Waals surface area contributed by atoms with Gasteiger partial charge in [-0.3, -0.25) is 4.39 Å². The van der Waals surface area contributed by atoms with Crippen molar-refractivity contribution >= 4 is 0 Å². The molecular weight excluding hydrogens is 158 g/mol. The van der Waals surface area contributed by atoms with Crippen LogP contribution in [-0.2, 0) is 5.41 Å². The zero-order chi connectivity index (χ0) is 8.60. The van der Waals surface area contributed by atoms with Crippen molar-refractivity contribution in [1.29, 1.82) is 0 Å². The lowest BCUT2D eigenvalue weighted by Crippen LogP contribution is -2.08. The molecule has 0 heterocycles. The van der Waals surface area contributed by atoms with Crippen molar-refractivity contribution in [2.75, 3.05) is 6.67 Å². The van der Waals surface area contributed by atoms with Gasteiger partial charge in [0.2, 0.25) is 0 Å². The van der Waals surface area contributed by atoms with Crippen molar-refractivity contribution in [2.24, 2.45) is 0 Å². The Labute approximate surface area is 70.2 Å². The molecule has 2 heteroatoms. The Morgan fingerprint density at radius 3 is 2.58 bits per heavy atom. The molecule has 0 N–H and O–H groups in total. The summed E-state index contributed by atoms with van der Waals surface area (Å²) in [6.07, 6.45) is 1.71. The van der Waals surface area contributed by atoms with Crippen LogP contribution in [0.2, 0.25) is 0 Å². The summed E-state index contributed by atoms with van der Waals surface area (Å²) >= 11 is 0. The smallest absolute Gasteiger partial charge is 0.123 e. The van der Waals surface area contributed by atoms with E-state index in [0.29, 0.717) is 0 Å². The second-order valence-corrected chi connectivity index (χ2v) is 3.42. The number of halogens is 2. The first-order valence-corrected chi connectivity index (χ1v) is 4.09. The van der Waals surface area contributed by atoms with Crippen LogP contribution in [-0.4, -0.2) is 6.67 Å². The molecule has 0 nitrogen and oxygen atoms in total. The lowest BCUT2D eigenvalue weighted by molar-refractivity contribution is 0.416. The van der Waals surface area contributed by atoms with Gasteiger partial charge in [0.15, 0.2) is 0 Å². The van der Waals surface area contributed by atoms with Crippen LogP contribution >= 0.6 is 0 Å². The minimum Gasteiger partial charge on any atom is -0.250 e. The maximum absolute atomic E-state index is 12.7. The average molecular weight is 168 g/mol. The number of hydrogen-bond donors (Lipinski definition) is 0. The van der Waals surface area contributed by atoms with Crippen molar-refractivity contribution in [1.82, 2.24) is 0 Å². The van der Waals surface area contributed by atoms with Crippen LogP contribution in [0.3, 0.4) is 0 Å². The van der Waals surface area contributed by atoms with Crippen molar-refractivity contribution in [2.45, 2.75) is 18.3 Å². The number of rotatable bonds is 2. The molecule has 0 radical (unpaired) electrons. The topological polar surface area (TPSA) is 0 Å². The first kappa shape index (κ1) is 7.71. The van der Waals surface area contributed by atoms with Crippen LogP contribution in [0.1, 0.15) is 18.4 Å². The lowest BCUT2D eigenvalue weighted by Gasteiger charge is -2.09. The third-order valence-corrected chi connectivity index (χ3v) is 2.55. The summed E-state index contributed by atoms with van der Waals surface area (Å²) in [6.45, 7) is -0.365. The van der Waals surface area contributed by atoms with Gasteiger partial charge in [-0.15, -0.1) is 0 Å². The summed E-state index contributed by atoms with van der Waals surface area (Å²) in [5, 5.41) is 0. The Balaban J connectivity index is 2.34. The molecule has 0 aromatic heterocycles. The van der Waals surface area contributed by atoms with E-state index < -0.39 is 0 Å². The Morgan fingerprint density at radius 2 is 2.08 bits per heavy atom. The number of benzene rings is 1. The highest BCUT2D eigenvalue weighted by Gasteiger charge is 2.44. The molecule has 1 saturated carbocycles. The first-order valence-electron chi connectivity index (χ1n) is 4.09. The first-order chi connectivity index (χ1) is 5.77.